The molecule has 2 rings (SSSR count). The first-order chi connectivity index (χ1) is 9.29. The molecule has 0 radical (unpaired) electrons. The number of benzene rings is 1. The van der Waals surface area contributed by atoms with E-state index in [1.165, 1.54) is 24.9 Å². The van der Waals surface area contributed by atoms with Crippen LogP contribution in [0.1, 0.15) is 32.1 Å². The highest BCUT2D eigenvalue weighted by Gasteiger charge is 2.10. The van der Waals surface area contributed by atoms with Crippen LogP contribution in [0.2, 0.25) is 0 Å². The van der Waals surface area contributed by atoms with E-state index in [1.807, 2.05) is 12.1 Å². The maximum absolute atomic E-state index is 11.6. The average molecular weight is 261 g/mol. The molecular formula is C15H23N3O. The number of nitrogens with one attached hydrogen (secondary N) is 1. The first-order valence-electron chi connectivity index (χ1n) is 7.14. The zero-order valence-corrected chi connectivity index (χ0v) is 11.4. The predicted molar refractivity (Wildman–Crippen MR) is 79.4 cm³/mol. The summed E-state index contributed by atoms with van der Waals surface area (Å²) in [6.07, 6.45) is 5.11. The molecule has 1 aliphatic heterocycles. The number of nitrogens with zero attached hydrogens (tertiary/aromatic N) is 1. The van der Waals surface area contributed by atoms with Crippen LogP contribution in [0.15, 0.2) is 24.3 Å². The van der Waals surface area contributed by atoms with Crippen LogP contribution in [-0.4, -0.2) is 25.5 Å². The quantitative estimate of drug-likeness (QED) is 0.855. The molecule has 0 bridgehead atoms. The summed E-state index contributed by atoms with van der Waals surface area (Å²) >= 11 is 0. The number of anilines is 2. The van der Waals surface area contributed by atoms with Crippen molar-refractivity contribution in [2.45, 2.75) is 32.1 Å². The SMILES string of the molecule is NCCCC(=O)Nc1ccc(N2CCCCC2)cc1. The van der Waals surface area contributed by atoms with Gasteiger partial charge in [-0.15, -0.1) is 0 Å². The van der Waals surface area contributed by atoms with Crippen molar-refractivity contribution < 1.29 is 4.79 Å². The van der Waals surface area contributed by atoms with Gasteiger partial charge in [0, 0.05) is 30.9 Å². The highest BCUT2D eigenvalue weighted by Crippen LogP contribution is 2.21. The number of hydrogen-bond donors (Lipinski definition) is 2. The number of hydrogen-bond acceptors (Lipinski definition) is 3. The van der Waals surface area contributed by atoms with Gasteiger partial charge in [-0.3, -0.25) is 4.79 Å². The Bertz CT molecular complexity index is 396. The van der Waals surface area contributed by atoms with E-state index in [-0.39, 0.29) is 5.91 Å². The van der Waals surface area contributed by atoms with Crippen molar-refractivity contribution in [3.63, 3.8) is 0 Å². The van der Waals surface area contributed by atoms with Crippen LogP contribution in [0, 0.1) is 0 Å². The van der Waals surface area contributed by atoms with Gasteiger partial charge in [0.25, 0.3) is 0 Å². The van der Waals surface area contributed by atoms with Gasteiger partial charge in [0.05, 0.1) is 0 Å². The second kappa shape index (κ2) is 7.14. The smallest absolute Gasteiger partial charge is 0.224 e. The van der Waals surface area contributed by atoms with E-state index in [1.54, 1.807) is 0 Å². The number of nitrogens with two attached hydrogens (primary N) is 1. The largest absolute Gasteiger partial charge is 0.372 e. The lowest BCUT2D eigenvalue weighted by molar-refractivity contribution is -0.116. The van der Waals surface area contributed by atoms with E-state index in [9.17, 15) is 4.79 Å². The summed E-state index contributed by atoms with van der Waals surface area (Å²) in [4.78, 5) is 14.0. The van der Waals surface area contributed by atoms with Crippen LogP contribution in [0.5, 0.6) is 0 Å². The van der Waals surface area contributed by atoms with E-state index >= 15 is 0 Å². The minimum atomic E-state index is 0.0381. The summed E-state index contributed by atoms with van der Waals surface area (Å²) in [5, 5.41) is 2.89. The molecule has 1 aromatic rings. The highest BCUT2D eigenvalue weighted by atomic mass is 16.1. The molecule has 0 unspecified atom stereocenters. The molecule has 1 fully saturated rings. The number of carbonyl (C=O) groups is 1. The van der Waals surface area contributed by atoms with E-state index in [0.717, 1.165) is 25.2 Å². The summed E-state index contributed by atoms with van der Waals surface area (Å²) < 4.78 is 0. The fraction of sp³-hybridized carbons (Fsp3) is 0.533. The number of piperidine rings is 1. The number of amides is 1. The zero-order valence-electron chi connectivity index (χ0n) is 11.4. The molecule has 0 spiro atoms. The minimum absolute atomic E-state index is 0.0381. The van der Waals surface area contributed by atoms with Gasteiger partial charge in [-0.05, 0) is 56.5 Å². The lowest BCUT2D eigenvalue weighted by Crippen LogP contribution is -2.29. The number of carbonyl (C=O) groups excluding carboxylic acids is 1. The molecule has 1 saturated heterocycles. The van der Waals surface area contributed by atoms with Crippen molar-refractivity contribution in [1.29, 1.82) is 0 Å². The van der Waals surface area contributed by atoms with Crippen molar-refractivity contribution in [2.24, 2.45) is 5.73 Å². The molecule has 1 aliphatic rings. The van der Waals surface area contributed by atoms with Crippen LogP contribution in [0.4, 0.5) is 11.4 Å². The molecule has 4 nitrogen and oxygen atoms in total. The Kier molecular flexibility index (Phi) is 5.21. The lowest BCUT2D eigenvalue weighted by atomic mass is 10.1. The Hall–Kier alpha value is -1.55. The zero-order chi connectivity index (χ0) is 13.5. The minimum Gasteiger partial charge on any atom is -0.372 e. The molecule has 1 aromatic carbocycles. The lowest BCUT2D eigenvalue weighted by Gasteiger charge is -2.28. The van der Waals surface area contributed by atoms with Crippen LogP contribution in [0.3, 0.4) is 0 Å². The van der Waals surface area contributed by atoms with Crippen molar-refractivity contribution in [3.8, 4) is 0 Å². The normalized spacial score (nSPS) is 15.3. The molecule has 3 N–H and O–H groups in total. The van der Waals surface area contributed by atoms with Gasteiger partial charge in [-0.25, -0.2) is 0 Å². The Labute approximate surface area is 115 Å². The Morgan fingerprint density at radius 3 is 2.47 bits per heavy atom. The van der Waals surface area contributed by atoms with E-state index in [2.05, 4.69) is 22.3 Å². The summed E-state index contributed by atoms with van der Waals surface area (Å²) in [7, 11) is 0. The summed E-state index contributed by atoms with van der Waals surface area (Å²) in [5.74, 6) is 0.0381. The third-order valence-corrected chi connectivity index (χ3v) is 3.48. The molecule has 104 valence electrons. The Balaban J connectivity index is 1.88. The average Bonchev–Trinajstić information content (AvgIpc) is 2.47. The van der Waals surface area contributed by atoms with Gasteiger partial charge < -0.3 is 16.0 Å². The van der Waals surface area contributed by atoms with Crippen LogP contribution in [0.25, 0.3) is 0 Å². The molecule has 0 saturated carbocycles. The first kappa shape index (κ1) is 13.9. The third-order valence-electron chi connectivity index (χ3n) is 3.48. The molecule has 0 atom stereocenters. The van der Waals surface area contributed by atoms with E-state index in [4.69, 9.17) is 5.73 Å². The van der Waals surface area contributed by atoms with Gasteiger partial charge in [-0.1, -0.05) is 0 Å². The first-order valence-corrected chi connectivity index (χ1v) is 7.14. The highest BCUT2D eigenvalue weighted by molar-refractivity contribution is 5.90. The van der Waals surface area contributed by atoms with Gasteiger partial charge in [0.15, 0.2) is 0 Å². The topological polar surface area (TPSA) is 58.4 Å². The predicted octanol–water partition coefficient (Wildman–Crippen LogP) is 2.35. The molecule has 0 aliphatic carbocycles. The van der Waals surface area contributed by atoms with E-state index < -0.39 is 0 Å². The van der Waals surface area contributed by atoms with Crippen molar-refractivity contribution in [1.82, 2.24) is 0 Å². The van der Waals surface area contributed by atoms with Crippen LogP contribution in [-0.2, 0) is 4.79 Å². The standard InChI is InChI=1S/C15H23N3O/c16-10-4-5-15(19)17-13-6-8-14(9-7-13)18-11-2-1-3-12-18/h6-9H,1-5,10-12,16H2,(H,17,19). The van der Waals surface area contributed by atoms with Crippen molar-refractivity contribution in [2.75, 3.05) is 29.9 Å². The summed E-state index contributed by atoms with van der Waals surface area (Å²) in [5.41, 5.74) is 7.50. The molecule has 4 heteroatoms. The second-order valence-electron chi connectivity index (χ2n) is 5.03. The Morgan fingerprint density at radius 1 is 1.16 bits per heavy atom. The fourth-order valence-corrected chi connectivity index (χ4v) is 2.39. The van der Waals surface area contributed by atoms with Gasteiger partial charge >= 0.3 is 0 Å². The Morgan fingerprint density at radius 2 is 1.84 bits per heavy atom. The van der Waals surface area contributed by atoms with Crippen LogP contribution >= 0.6 is 0 Å². The summed E-state index contributed by atoms with van der Waals surface area (Å²) in [6.45, 7) is 2.84. The van der Waals surface area contributed by atoms with Gasteiger partial charge in [0.1, 0.15) is 0 Å². The maximum Gasteiger partial charge on any atom is 0.224 e. The summed E-state index contributed by atoms with van der Waals surface area (Å²) in [6, 6.07) is 8.13. The third kappa shape index (κ3) is 4.24. The molecule has 0 aromatic heterocycles. The molecule has 1 amide bonds. The molecule has 1 heterocycles. The maximum atomic E-state index is 11.6. The van der Waals surface area contributed by atoms with Crippen molar-refractivity contribution >= 4 is 17.3 Å². The molecule has 19 heavy (non-hydrogen) atoms. The number of rotatable bonds is 5. The van der Waals surface area contributed by atoms with Gasteiger partial charge in [-0.2, -0.15) is 0 Å². The second-order valence-corrected chi connectivity index (χ2v) is 5.03. The molecular weight excluding hydrogens is 238 g/mol. The van der Waals surface area contributed by atoms with Crippen molar-refractivity contribution in [3.05, 3.63) is 24.3 Å². The van der Waals surface area contributed by atoms with Gasteiger partial charge in [0.2, 0.25) is 5.91 Å². The van der Waals surface area contributed by atoms with E-state index in [0.29, 0.717) is 13.0 Å². The monoisotopic (exact) mass is 261 g/mol. The van der Waals surface area contributed by atoms with Crippen LogP contribution < -0.4 is 16.0 Å². The fourth-order valence-electron chi connectivity index (χ4n) is 2.39.